The van der Waals surface area contributed by atoms with Crippen LogP contribution in [0.1, 0.15) is 0 Å². The van der Waals surface area contributed by atoms with Crippen LogP contribution in [0.15, 0.2) is 30.3 Å². The minimum Gasteiger partial charge on any atom is -0.325 e. The van der Waals surface area contributed by atoms with E-state index in [0.29, 0.717) is 6.29 Å². The molecule has 0 amide bonds. The van der Waals surface area contributed by atoms with Gasteiger partial charge in [-0.2, -0.15) is 0 Å². The van der Waals surface area contributed by atoms with Crippen LogP contribution in [0.3, 0.4) is 0 Å². The molecule has 3 heteroatoms. The average Bonchev–Trinajstić information content (AvgIpc) is 2.05. The number of benzene rings is 1. The molecule has 1 atom stereocenters. The zero-order valence-electron chi connectivity index (χ0n) is 5.50. The van der Waals surface area contributed by atoms with Crippen LogP contribution in [0, 0.1) is 0 Å². The number of rotatable bonds is 2. The highest BCUT2D eigenvalue weighted by atomic mass is 35.7. The molecule has 1 aromatic rings. The second-order valence-electron chi connectivity index (χ2n) is 1.88. The summed E-state index contributed by atoms with van der Waals surface area (Å²) in [4.78, 5) is 0. The first-order chi connectivity index (χ1) is 4.84. The third kappa shape index (κ3) is 1.95. The normalized spacial score (nSPS) is 13.0. The van der Waals surface area contributed by atoms with Crippen LogP contribution in [0.5, 0.6) is 0 Å². The molecule has 0 spiro atoms. The lowest BCUT2D eigenvalue weighted by Gasteiger charge is -2.04. The van der Waals surface area contributed by atoms with Gasteiger partial charge in [0.05, 0.1) is 0 Å². The Kier molecular flexibility index (Phi) is 3.14. The largest absolute Gasteiger partial charge is 0.325 e. The molecule has 0 radical (unpaired) electrons. The number of hydrogen-bond acceptors (Lipinski definition) is 1. The standard InChI is InChI=1S/C7H9ClNP/c8-10(6-9)7-4-2-1-3-5-7/h1-5H,6,9H2. The van der Waals surface area contributed by atoms with Crippen LogP contribution in [0.25, 0.3) is 0 Å². The summed E-state index contributed by atoms with van der Waals surface area (Å²) in [5.74, 6) is 0. The lowest BCUT2D eigenvalue weighted by molar-refractivity contribution is 1.39. The van der Waals surface area contributed by atoms with Gasteiger partial charge < -0.3 is 5.73 Å². The molecule has 0 aliphatic heterocycles. The minimum absolute atomic E-state index is 0.556. The predicted octanol–water partition coefficient (Wildman–Crippen LogP) is 1.86. The maximum atomic E-state index is 5.93. The Morgan fingerprint density at radius 3 is 2.40 bits per heavy atom. The Morgan fingerprint density at radius 1 is 1.30 bits per heavy atom. The van der Waals surface area contributed by atoms with Gasteiger partial charge in [-0.3, -0.25) is 0 Å². The number of nitrogens with two attached hydrogens (primary N) is 1. The van der Waals surface area contributed by atoms with Gasteiger partial charge in [-0.25, -0.2) is 0 Å². The lowest BCUT2D eigenvalue weighted by atomic mass is 10.4. The molecule has 0 aliphatic rings. The van der Waals surface area contributed by atoms with Crippen LogP contribution < -0.4 is 11.0 Å². The van der Waals surface area contributed by atoms with Gasteiger partial charge in [-0.15, -0.1) is 0 Å². The van der Waals surface area contributed by atoms with Gasteiger partial charge in [-0.05, 0) is 5.30 Å². The van der Waals surface area contributed by atoms with Gasteiger partial charge in [0.25, 0.3) is 0 Å². The van der Waals surface area contributed by atoms with E-state index in [2.05, 4.69) is 0 Å². The van der Waals surface area contributed by atoms with Crippen molar-refractivity contribution in [3.05, 3.63) is 30.3 Å². The summed E-state index contributed by atoms with van der Waals surface area (Å²) in [5, 5.41) is 1.15. The van der Waals surface area contributed by atoms with E-state index < -0.39 is 7.27 Å². The lowest BCUT2D eigenvalue weighted by Crippen LogP contribution is -2.03. The van der Waals surface area contributed by atoms with Gasteiger partial charge in [0.1, 0.15) is 0 Å². The van der Waals surface area contributed by atoms with Crippen LogP contribution in [0.2, 0.25) is 0 Å². The number of halogens is 1. The summed E-state index contributed by atoms with van der Waals surface area (Å²) in [6, 6.07) is 9.93. The molecular formula is C7H9ClNP. The van der Waals surface area contributed by atoms with Crippen LogP contribution in [-0.4, -0.2) is 6.29 Å². The Balaban J connectivity index is 2.75. The molecule has 1 aromatic carbocycles. The molecule has 1 unspecified atom stereocenters. The average molecular weight is 174 g/mol. The smallest absolute Gasteiger partial charge is 0.0352 e. The van der Waals surface area contributed by atoms with Gasteiger partial charge in [0, 0.05) is 13.6 Å². The first-order valence-electron chi connectivity index (χ1n) is 3.03. The van der Waals surface area contributed by atoms with Gasteiger partial charge >= 0.3 is 0 Å². The summed E-state index contributed by atoms with van der Waals surface area (Å²) >= 11 is 5.93. The Bertz CT molecular complexity index is 190. The summed E-state index contributed by atoms with van der Waals surface area (Å²) in [7, 11) is -0.623. The van der Waals surface area contributed by atoms with Crippen molar-refractivity contribution in [2.45, 2.75) is 0 Å². The molecule has 0 fully saturated rings. The molecule has 10 heavy (non-hydrogen) atoms. The summed E-state index contributed by atoms with van der Waals surface area (Å²) < 4.78 is 0. The predicted molar refractivity (Wildman–Crippen MR) is 47.9 cm³/mol. The topological polar surface area (TPSA) is 26.0 Å². The van der Waals surface area contributed by atoms with Crippen LogP contribution in [-0.2, 0) is 0 Å². The molecule has 0 heterocycles. The summed E-state index contributed by atoms with van der Waals surface area (Å²) in [6.45, 7) is 0. The number of hydrogen-bond donors (Lipinski definition) is 1. The molecule has 2 N–H and O–H groups in total. The maximum absolute atomic E-state index is 5.93. The zero-order valence-corrected chi connectivity index (χ0v) is 7.15. The van der Waals surface area contributed by atoms with E-state index in [4.69, 9.17) is 17.0 Å². The fraction of sp³-hybridized carbons (Fsp3) is 0.143. The fourth-order valence-electron chi connectivity index (χ4n) is 0.695. The van der Waals surface area contributed by atoms with Crippen molar-refractivity contribution in [3.63, 3.8) is 0 Å². The second kappa shape index (κ2) is 3.92. The van der Waals surface area contributed by atoms with Crippen molar-refractivity contribution in [1.82, 2.24) is 0 Å². The Hall–Kier alpha value is -0.100. The van der Waals surface area contributed by atoms with Crippen molar-refractivity contribution < 1.29 is 0 Å². The highest BCUT2D eigenvalue weighted by molar-refractivity contribution is 7.89. The van der Waals surface area contributed by atoms with Crippen molar-refractivity contribution in [3.8, 4) is 0 Å². The SMILES string of the molecule is NCP(Cl)c1ccccc1. The van der Waals surface area contributed by atoms with Gasteiger partial charge in [0.15, 0.2) is 0 Å². The quantitative estimate of drug-likeness (QED) is 0.679. The third-order valence-electron chi connectivity index (χ3n) is 1.20. The van der Waals surface area contributed by atoms with Gasteiger partial charge in [-0.1, -0.05) is 41.6 Å². The van der Waals surface area contributed by atoms with E-state index >= 15 is 0 Å². The van der Waals surface area contributed by atoms with E-state index in [1.54, 1.807) is 0 Å². The molecule has 0 aromatic heterocycles. The van der Waals surface area contributed by atoms with E-state index in [1.807, 2.05) is 30.3 Å². The third-order valence-corrected chi connectivity index (χ3v) is 3.38. The molecule has 54 valence electrons. The molecule has 0 saturated heterocycles. The molecule has 0 saturated carbocycles. The highest BCUT2D eigenvalue weighted by Gasteiger charge is 2.01. The monoisotopic (exact) mass is 173 g/mol. The highest BCUT2D eigenvalue weighted by Crippen LogP contribution is 2.37. The van der Waals surface area contributed by atoms with E-state index in [0.717, 1.165) is 5.30 Å². The summed E-state index contributed by atoms with van der Waals surface area (Å²) in [6.07, 6.45) is 0.556. The van der Waals surface area contributed by atoms with E-state index in [1.165, 1.54) is 0 Å². The summed E-state index contributed by atoms with van der Waals surface area (Å²) in [5.41, 5.74) is 5.40. The maximum Gasteiger partial charge on any atom is 0.0352 e. The van der Waals surface area contributed by atoms with Crippen molar-refractivity contribution in [2.75, 3.05) is 6.29 Å². The van der Waals surface area contributed by atoms with Crippen molar-refractivity contribution in [2.24, 2.45) is 5.73 Å². The van der Waals surface area contributed by atoms with Crippen molar-refractivity contribution in [1.29, 1.82) is 0 Å². The Morgan fingerprint density at radius 2 is 1.90 bits per heavy atom. The van der Waals surface area contributed by atoms with Crippen LogP contribution >= 0.6 is 18.5 Å². The molecule has 1 nitrogen and oxygen atoms in total. The molecule has 1 rings (SSSR count). The van der Waals surface area contributed by atoms with Crippen LogP contribution in [0.4, 0.5) is 0 Å². The second-order valence-corrected chi connectivity index (χ2v) is 4.71. The Labute approximate surface area is 66.7 Å². The van der Waals surface area contributed by atoms with E-state index in [9.17, 15) is 0 Å². The first kappa shape index (κ1) is 8.00. The minimum atomic E-state index is -0.623. The molecule has 0 aliphatic carbocycles. The van der Waals surface area contributed by atoms with Gasteiger partial charge in [0.2, 0.25) is 0 Å². The fourth-order valence-corrected chi connectivity index (χ4v) is 1.74. The van der Waals surface area contributed by atoms with Crippen molar-refractivity contribution >= 4 is 23.8 Å². The van der Waals surface area contributed by atoms with E-state index in [-0.39, 0.29) is 0 Å². The first-order valence-corrected chi connectivity index (χ1v) is 5.46. The zero-order chi connectivity index (χ0) is 7.40. The molecule has 0 bridgehead atoms. The molecular weight excluding hydrogens is 165 g/mol.